The number of nitrogens with zero attached hydrogens (tertiary/aromatic N) is 4. The lowest BCUT2D eigenvalue weighted by Gasteiger charge is -2.11. The van der Waals surface area contributed by atoms with Crippen LogP contribution in [0.3, 0.4) is 0 Å². The Kier molecular flexibility index (Phi) is 8.06. The van der Waals surface area contributed by atoms with Gasteiger partial charge < -0.3 is 19.6 Å². The maximum atomic E-state index is 13.7. The third-order valence-corrected chi connectivity index (χ3v) is 6.47. The summed E-state index contributed by atoms with van der Waals surface area (Å²) in [6.45, 7) is 1.93. The fourth-order valence-corrected chi connectivity index (χ4v) is 4.34. The van der Waals surface area contributed by atoms with Crippen LogP contribution in [0.4, 0.5) is 4.39 Å². The van der Waals surface area contributed by atoms with Crippen LogP contribution in [0.5, 0.6) is 0 Å². The van der Waals surface area contributed by atoms with Crippen molar-refractivity contribution in [3.05, 3.63) is 113 Å². The number of amides is 1. The molecule has 194 valence electrons. The normalized spacial score (nSPS) is 11.2. The van der Waals surface area contributed by atoms with Gasteiger partial charge in [0.05, 0.1) is 29.8 Å². The van der Waals surface area contributed by atoms with E-state index in [4.69, 9.17) is 21.0 Å². The van der Waals surface area contributed by atoms with E-state index in [1.54, 1.807) is 0 Å². The third-order valence-electron chi connectivity index (χ3n) is 6.10. The van der Waals surface area contributed by atoms with Crippen molar-refractivity contribution in [2.75, 3.05) is 13.1 Å². The van der Waals surface area contributed by atoms with Crippen molar-refractivity contribution in [1.29, 1.82) is 0 Å². The molecular weight excluding hydrogens is 507 g/mol. The largest absolute Gasteiger partial charge is 0.448 e. The van der Waals surface area contributed by atoms with Gasteiger partial charge in [-0.3, -0.25) is 9.78 Å². The molecule has 0 aliphatic heterocycles. The number of benzene rings is 2. The van der Waals surface area contributed by atoms with Crippen molar-refractivity contribution >= 4 is 28.5 Å². The Hall–Kier alpha value is -4.08. The number of aromatic nitrogens is 4. The van der Waals surface area contributed by atoms with Crippen LogP contribution in [-0.4, -0.2) is 38.5 Å². The second-order valence-corrected chi connectivity index (χ2v) is 9.09. The molecule has 0 atom stereocenters. The zero-order valence-electron chi connectivity index (χ0n) is 20.5. The molecule has 3 heterocycles. The highest BCUT2D eigenvalue weighted by molar-refractivity contribution is 6.31. The van der Waals surface area contributed by atoms with Crippen molar-refractivity contribution in [3.63, 3.8) is 0 Å². The van der Waals surface area contributed by atoms with Gasteiger partial charge in [0.1, 0.15) is 17.9 Å². The quantitative estimate of drug-likeness (QED) is 0.242. The maximum absolute atomic E-state index is 13.7. The number of fused-ring (bicyclic) bond motifs is 1. The number of hydrogen-bond donors (Lipinski definition) is 2. The Balaban J connectivity index is 1.13. The maximum Gasteiger partial charge on any atom is 0.273 e. The van der Waals surface area contributed by atoms with Crippen molar-refractivity contribution in [1.82, 2.24) is 30.2 Å². The van der Waals surface area contributed by atoms with Gasteiger partial charge in [0.15, 0.2) is 11.6 Å². The number of imidazole rings is 1. The number of rotatable bonds is 11. The summed E-state index contributed by atoms with van der Waals surface area (Å²) in [5, 5.41) is 6.73. The van der Waals surface area contributed by atoms with E-state index in [0.29, 0.717) is 31.9 Å². The lowest BCUT2D eigenvalue weighted by atomic mass is 10.2. The summed E-state index contributed by atoms with van der Waals surface area (Å²) in [6, 6.07) is 18.7. The van der Waals surface area contributed by atoms with Crippen LogP contribution in [0.25, 0.3) is 11.0 Å². The molecule has 0 bridgehead atoms. The molecular formula is C28H26ClFN6O2. The first-order valence-corrected chi connectivity index (χ1v) is 12.7. The molecule has 0 spiro atoms. The second-order valence-electron chi connectivity index (χ2n) is 8.69. The third kappa shape index (κ3) is 6.07. The molecule has 38 heavy (non-hydrogen) atoms. The monoisotopic (exact) mass is 532 g/mol. The lowest BCUT2D eigenvalue weighted by Crippen LogP contribution is -2.24. The van der Waals surface area contributed by atoms with Crippen LogP contribution >= 0.6 is 11.6 Å². The van der Waals surface area contributed by atoms with Gasteiger partial charge in [-0.15, -0.1) is 0 Å². The predicted octanol–water partition coefficient (Wildman–Crippen LogP) is 4.56. The number of carbonyl (C=O) groups is 1. The highest BCUT2D eigenvalue weighted by atomic mass is 35.5. The van der Waals surface area contributed by atoms with Gasteiger partial charge in [0, 0.05) is 37.2 Å². The molecule has 8 nitrogen and oxygen atoms in total. The van der Waals surface area contributed by atoms with E-state index in [-0.39, 0.29) is 17.9 Å². The zero-order chi connectivity index (χ0) is 26.3. The molecule has 10 heteroatoms. The first-order chi connectivity index (χ1) is 18.6. The van der Waals surface area contributed by atoms with Crippen LogP contribution < -0.4 is 10.6 Å². The number of hydrogen-bond acceptors (Lipinski definition) is 6. The van der Waals surface area contributed by atoms with Gasteiger partial charge in [0.25, 0.3) is 5.91 Å². The van der Waals surface area contributed by atoms with Crippen LogP contribution in [-0.2, 0) is 25.9 Å². The van der Waals surface area contributed by atoms with E-state index in [1.807, 2.05) is 42.5 Å². The van der Waals surface area contributed by atoms with E-state index in [2.05, 4.69) is 31.2 Å². The summed E-state index contributed by atoms with van der Waals surface area (Å²) < 4.78 is 21.3. The molecule has 5 aromatic rings. The Bertz CT molecular complexity index is 1550. The van der Waals surface area contributed by atoms with E-state index in [1.165, 1.54) is 24.6 Å². The van der Waals surface area contributed by atoms with Crippen LogP contribution in [0.15, 0.2) is 77.5 Å². The summed E-state index contributed by atoms with van der Waals surface area (Å²) >= 11 is 6.42. The highest BCUT2D eigenvalue weighted by Gasteiger charge is 2.14. The van der Waals surface area contributed by atoms with E-state index in [0.717, 1.165) is 33.9 Å². The standard InChI is InChI=1S/C28H26ClFN6O2/c29-20-7-2-1-6-19(20)17-36-25-10-4-3-9-22(25)34-26(36)11-14-31-15-12-27-35-24(18-38-27)28(37)33-16-23-21(30)8-5-13-32-23/h1-10,13,18,31H,11-12,14-17H2,(H,33,37). The van der Waals surface area contributed by atoms with Gasteiger partial charge in [-0.1, -0.05) is 41.9 Å². The molecule has 3 aromatic heterocycles. The summed E-state index contributed by atoms with van der Waals surface area (Å²) in [5.41, 5.74) is 3.36. The molecule has 0 aliphatic carbocycles. The first-order valence-electron chi connectivity index (χ1n) is 12.3. The lowest BCUT2D eigenvalue weighted by molar-refractivity contribution is 0.0945. The number of carbonyl (C=O) groups excluding carboxylic acids is 1. The topological polar surface area (TPSA) is 97.9 Å². The Morgan fingerprint density at radius 3 is 2.68 bits per heavy atom. The van der Waals surface area contributed by atoms with E-state index >= 15 is 0 Å². The summed E-state index contributed by atoms with van der Waals surface area (Å²) in [5.74, 6) is 0.491. The van der Waals surface area contributed by atoms with Crippen LogP contribution in [0.2, 0.25) is 5.02 Å². The SMILES string of the molecule is O=C(NCc1ncccc1F)c1coc(CCNCCc2nc3ccccc3n2Cc2ccccc2Cl)n1. The molecule has 5 rings (SSSR count). The number of para-hydroxylation sites is 2. The number of oxazole rings is 1. The average molecular weight is 533 g/mol. The fraction of sp³-hybridized carbons (Fsp3) is 0.214. The molecule has 2 aromatic carbocycles. The predicted molar refractivity (Wildman–Crippen MR) is 142 cm³/mol. The highest BCUT2D eigenvalue weighted by Crippen LogP contribution is 2.22. The summed E-state index contributed by atoms with van der Waals surface area (Å²) in [4.78, 5) is 25.3. The molecule has 2 N–H and O–H groups in total. The summed E-state index contributed by atoms with van der Waals surface area (Å²) in [6.07, 6.45) is 4.01. The molecule has 0 radical (unpaired) electrons. The van der Waals surface area contributed by atoms with Gasteiger partial charge in [-0.05, 0) is 35.9 Å². The minimum Gasteiger partial charge on any atom is -0.448 e. The molecule has 0 fully saturated rings. The average Bonchev–Trinajstić information content (AvgIpc) is 3.54. The van der Waals surface area contributed by atoms with Gasteiger partial charge in [-0.25, -0.2) is 14.4 Å². The molecule has 0 unspecified atom stereocenters. The second kappa shape index (κ2) is 12.0. The molecule has 0 saturated heterocycles. The van der Waals surface area contributed by atoms with Gasteiger partial charge >= 0.3 is 0 Å². The Morgan fingerprint density at radius 1 is 1.00 bits per heavy atom. The van der Waals surface area contributed by atoms with Crippen molar-refractivity contribution in [2.45, 2.75) is 25.9 Å². The minimum absolute atomic E-state index is 0.0312. The fourth-order valence-electron chi connectivity index (χ4n) is 4.14. The molecule has 0 saturated carbocycles. The van der Waals surface area contributed by atoms with Crippen LogP contribution in [0, 0.1) is 5.82 Å². The van der Waals surface area contributed by atoms with E-state index < -0.39 is 11.7 Å². The van der Waals surface area contributed by atoms with Gasteiger partial charge in [-0.2, -0.15) is 0 Å². The smallest absolute Gasteiger partial charge is 0.273 e. The number of halogens is 2. The Morgan fingerprint density at radius 2 is 1.82 bits per heavy atom. The van der Waals surface area contributed by atoms with Crippen molar-refractivity contribution in [2.24, 2.45) is 0 Å². The number of pyridine rings is 1. The van der Waals surface area contributed by atoms with Crippen LogP contribution in [0.1, 0.15) is 33.5 Å². The molecule has 1 amide bonds. The van der Waals surface area contributed by atoms with E-state index in [9.17, 15) is 9.18 Å². The van der Waals surface area contributed by atoms with Gasteiger partial charge in [0.2, 0.25) is 0 Å². The number of nitrogens with one attached hydrogen (secondary N) is 2. The first kappa shape index (κ1) is 25.6. The zero-order valence-corrected chi connectivity index (χ0v) is 21.3. The van der Waals surface area contributed by atoms with Crippen molar-refractivity contribution in [3.8, 4) is 0 Å². The van der Waals surface area contributed by atoms with Crippen molar-refractivity contribution < 1.29 is 13.6 Å². The Labute approximate surface area is 223 Å². The minimum atomic E-state index is -0.473. The summed E-state index contributed by atoms with van der Waals surface area (Å²) in [7, 11) is 0. The molecule has 0 aliphatic rings.